The number of Topliss-reactive ketones (excluding diaryl/α,β-unsaturated/α-hetero) is 1. The van der Waals surface area contributed by atoms with Gasteiger partial charge in [-0.2, -0.15) is 4.89 Å². The highest BCUT2D eigenvalue weighted by molar-refractivity contribution is 6.75. The van der Waals surface area contributed by atoms with Crippen LogP contribution < -0.4 is 5.32 Å². The van der Waals surface area contributed by atoms with Crippen molar-refractivity contribution in [2.75, 3.05) is 66.0 Å². The summed E-state index contributed by atoms with van der Waals surface area (Å²) in [6.07, 6.45) is 3.02. The summed E-state index contributed by atoms with van der Waals surface area (Å²) < 4.78 is 42.1. The van der Waals surface area contributed by atoms with Crippen LogP contribution >= 0.6 is 0 Å². The molecule has 0 bridgehead atoms. The first-order valence-electron chi connectivity index (χ1n) is 23.4. The molecule has 0 aromatic carbocycles. The Morgan fingerprint density at radius 2 is 0.889 bits per heavy atom. The van der Waals surface area contributed by atoms with E-state index in [1.54, 1.807) is 0 Å². The molecule has 0 saturated heterocycles. The third kappa shape index (κ3) is 27.1. The van der Waals surface area contributed by atoms with Gasteiger partial charge >= 0.3 is 6.09 Å². The lowest BCUT2D eigenvalue weighted by molar-refractivity contribution is -0.290. The minimum absolute atomic E-state index is 0.0123. The van der Waals surface area contributed by atoms with Crippen molar-refractivity contribution in [3.63, 3.8) is 0 Å². The maximum Gasteiger partial charge on any atom is 0.438 e. The van der Waals surface area contributed by atoms with Crippen LogP contribution in [0, 0.1) is 0 Å². The van der Waals surface area contributed by atoms with Crippen LogP contribution in [0.4, 0.5) is 4.79 Å². The maximum atomic E-state index is 12.6. The first-order chi connectivity index (χ1) is 28.7. The number of rotatable bonds is 34. The molecule has 63 heavy (non-hydrogen) atoms. The Balaban J connectivity index is 4.65. The molecule has 0 aliphatic rings. The topological polar surface area (TPSA) is 148 Å². The summed E-state index contributed by atoms with van der Waals surface area (Å²) in [4.78, 5) is 47.0. The van der Waals surface area contributed by atoms with Crippen LogP contribution in [-0.2, 0) is 56.6 Å². The molecule has 18 heteroatoms. The van der Waals surface area contributed by atoms with Crippen molar-refractivity contribution < 1.29 is 61.4 Å². The number of hydrogen-bond donors (Lipinski definition) is 1. The van der Waals surface area contributed by atoms with Gasteiger partial charge in [-0.25, -0.2) is 14.6 Å². The number of ether oxygens (including phenoxy) is 3. The van der Waals surface area contributed by atoms with E-state index in [0.29, 0.717) is 58.8 Å². The fourth-order valence-corrected chi connectivity index (χ4v) is 7.62. The lowest BCUT2D eigenvalue weighted by Gasteiger charge is -2.36. The molecule has 1 N–H and O–H groups in total. The van der Waals surface area contributed by atoms with Crippen molar-refractivity contribution in [1.82, 2.24) is 5.32 Å². The molecule has 0 saturated carbocycles. The van der Waals surface area contributed by atoms with E-state index >= 15 is 0 Å². The van der Waals surface area contributed by atoms with Crippen LogP contribution in [0.2, 0.25) is 72.5 Å². The first kappa shape index (κ1) is 62.4. The molecule has 0 unspecified atom stereocenters. The summed E-state index contributed by atoms with van der Waals surface area (Å²) in [5.74, 6) is 0.220. The minimum Gasteiger partial charge on any atom is -0.414 e. The fourth-order valence-electron chi connectivity index (χ4n) is 4.34. The number of unbranched alkanes of at least 4 members (excludes halogenated alkanes) is 3. The van der Waals surface area contributed by atoms with Crippen molar-refractivity contribution >= 4 is 45.1 Å². The standard InChI is InChI=1S/C45H97NO13Si4/c1-42(2,3)60(13,14)54-32-30-49-34-40(35-50-31-33-55-61(15,16)43(4,5)6)56-57-41(48)46-28-24-21-22-26-38(47)27-23-25-29-51-39(36-52-58-62(17,18)44(7,8)9)37-53-59-63(19,20)45(10,11)12/h39-40H,21-37H2,1-20H3,(H,46,48). The molecule has 0 radical (unpaired) electrons. The number of carbonyl (C=O) groups excluding carboxylic acids is 2. The molecule has 14 nitrogen and oxygen atoms in total. The third-order valence-corrected chi connectivity index (χ3v) is 30.5. The van der Waals surface area contributed by atoms with Gasteiger partial charge in [0.25, 0.3) is 0 Å². The summed E-state index contributed by atoms with van der Waals surface area (Å²) in [5, 5.41) is 2.96. The van der Waals surface area contributed by atoms with Crippen molar-refractivity contribution in [3.05, 3.63) is 0 Å². The van der Waals surface area contributed by atoms with Crippen molar-refractivity contribution in [3.8, 4) is 0 Å². The van der Waals surface area contributed by atoms with Crippen molar-refractivity contribution in [2.45, 2.75) is 213 Å². The molecular weight excluding hydrogens is 875 g/mol. The van der Waals surface area contributed by atoms with Crippen LogP contribution in [0.3, 0.4) is 0 Å². The predicted octanol–water partition coefficient (Wildman–Crippen LogP) is 11.7. The zero-order valence-corrected chi connectivity index (χ0v) is 48.0. The third-order valence-electron chi connectivity index (χ3n) is 13.1. The number of ketones is 1. The van der Waals surface area contributed by atoms with Gasteiger partial charge in [0.15, 0.2) is 22.7 Å². The van der Waals surface area contributed by atoms with Crippen LogP contribution in [0.15, 0.2) is 0 Å². The Bertz CT molecular complexity index is 1190. The Morgan fingerprint density at radius 1 is 0.476 bits per heavy atom. The molecule has 0 aliphatic carbocycles. The molecule has 0 aromatic heterocycles. The predicted molar refractivity (Wildman–Crippen MR) is 263 cm³/mol. The van der Waals surface area contributed by atoms with Crippen LogP contribution in [0.25, 0.3) is 0 Å². The smallest absolute Gasteiger partial charge is 0.414 e. The van der Waals surface area contributed by atoms with Crippen molar-refractivity contribution in [2.24, 2.45) is 0 Å². The summed E-state index contributed by atoms with van der Waals surface area (Å²) >= 11 is 0. The van der Waals surface area contributed by atoms with Crippen molar-refractivity contribution in [1.29, 1.82) is 0 Å². The molecule has 0 atom stereocenters. The lowest BCUT2D eigenvalue weighted by Crippen LogP contribution is -2.43. The monoisotopic (exact) mass is 972 g/mol. The zero-order valence-electron chi connectivity index (χ0n) is 44.0. The summed E-state index contributed by atoms with van der Waals surface area (Å²) in [6.45, 7) is 46.9. The second-order valence-electron chi connectivity index (χ2n) is 22.9. The van der Waals surface area contributed by atoms with Gasteiger partial charge in [0.2, 0.25) is 16.6 Å². The van der Waals surface area contributed by atoms with Gasteiger partial charge in [-0.3, -0.25) is 18.8 Å². The molecule has 0 spiro atoms. The van der Waals surface area contributed by atoms with Gasteiger partial charge in [-0.05, 0) is 98.2 Å². The van der Waals surface area contributed by atoms with E-state index < -0.39 is 45.5 Å². The second kappa shape index (κ2) is 28.7. The normalized spacial score (nSPS) is 13.9. The average Bonchev–Trinajstić information content (AvgIpc) is 3.12. The first-order valence-corrected chi connectivity index (χ1v) is 35.1. The Hall–Kier alpha value is -0.592. The fraction of sp³-hybridized carbons (Fsp3) is 0.956. The largest absolute Gasteiger partial charge is 0.438 e. The Morgan fingerprint density at radius 3 is 1.30 bits per heavy atom. The van der Waals surface area contributed by atoms with Gasteiger partial charge in [0.05, 0.1) is 39.6 Å². The molecule has 0 fully saturated rings. The van der Waals surface area contributed by atoms with Crippen LogP contribution in [0.1, 0.15) is 128 Å². The highest BCUT2D eigenvalue weighted by Gasteiger charge is 2.41. The van der Waals surface area contributed by atoms with E-state index in [0.717, 1.165) is 25.7 Å². The molecule has 0 aromatic rings. The van der Waals surface area contributed by atoms with Gasteiger partial charge in [-0.15, -0.1) is 0 Å². The quantitative estimate of drug-likeness (QED) is 0.0282. The second-order valence-corrected chi connectivity index (χ2v) is 41.9. The number of amides is 1. The van der Waals surface area contributed by atoms with Gasteiger partial charge in [-0.1, -0.05) is 89.5 Å². The number of hydrogen-bond acceptors (Lipinski definition) is 13. The zero-order chi connectivity index (χ0) is 48.8. The average molecular weight is 973 g/mol. The van der Waals surface area contributed by atoms with E-state index in [2.05, 4.69) is 141 Å². The molecular formula is C45H97NO13Si4. The van der Waals surface area contributed by atoms with Crippen LogP contribution in [0.5, 0.6) is 0 Å². The van der Waals surface area contributed by atoms with E-state index in [1.165, 1.54) is 0 Å². The van der Waals surface area contributed by atoms with Gasteiger partial charge in [0.1, 0.15) is 25.1 Å². The molecule has 0 aliphatic heterocycles. The molecule has 376 valence electrons. The molecule has 0 heterocycles. The maximum absolute atomic E-state index is 12.6. The molecule has 0 rings (SSSR count). The van der Waals surface area contributed by atoms with Gasteiger partial charge < -0.3 is 28.4 Å². The van der Waals surface area contributed by atoms with E-state index in [-0.39, 0.29) is 58.5 Å². The highest BCUT2D eigenvalue weighted by Crippen LogP contribution is 2.39. The molecule has 1 amide bonds. The lowest BCUT2D eigenvalue weighted by atomic mass is 10.1. The number of carbonyl (C=O) groups is 2. The summed E-state index contributed by atoms with van der Waals surface area (Å²) in [5.41, 5.74) is 0. The minimum atomic E-state index is -2.09. The van der Waals surface area contributed by atoms with E-state index in [1.807, 2.05) is 0 Å². The Labute approximate surface area is 389 Å². The van der Waals surface area contributed by atoms with Crippen LogP contribution in [-0.4, -0.2) is 123 Å². The van der Waals surface area contributed by atoms with E-state index in [4.69, 9.17) is 51.8 Å². The summed E-state index contributed by atoms with van der Waals surface area (Å²) in [7, 11) is -7.97. The highest BCUT2D eigenvalue weighted by atomic mass is 28.4. The Kier molecular flexibility index (Phi) is 28.4. The van der Waals surface area contributed by atoms with E-state index in [9.17, 15) is 9.59 Å². The van der Waals surface area contributed by atoms with Gasteiger partial charge in [0, 0.05) is 26.0 Å². The summed E-state index contributed by atoms with van der Waals surface area (Å²) in [6, 6.07) is 0. The SMILES string of the molecule is CC(C)(C)[Si](C)(C)OCCOCC(COCCO[Si](C)(C)C(C)(C)C)OOC(=O)NCCCCCC(=O)CCCCOC(COO[Si](C)(C)C(C)(C)C)COO[Si](C)(C)C(C)(C)C. The number of nitrogens with one attached hydrogen (secondary N) is 1.